The van der Waals surface area contributed by atoms with Crippen molar-refractivity contribution in [1.82, 2.24) is 9.78 Å². The maximum Gasteiger partial charge on any atom is 0.413 e. The molecule has 37 heavy (non-hydrogen) atoms. The minimum absolute atomic E-state index is 0.199. The molecular weight excluding hydrogens is 468 g/mol. The summed E-state index contributed by atoms with van der Waals surface area (Å²) in [6.07, 6.45) is 0.207. The van der Waals surface area contributed by atoms with Crippen LogP contribution in [0.25, 0.3) is 16.8 Å². The van der Waals surface area contributed by atoms with Crippen LogP contribution in [0.2, 0.25) is 0 Å². The first kappa shape index (κ1) is 25.2. The lowest BCUT2D eigenvalue weighted by molar-refractivity contribution is -0.142. The Morgan fingerprint density at radius 3 is 2.16 bits per heavy atom. The van der Waals surface area contributed by atoms with Crippen LogP contribution in [-0.4, -0.2) is 26.9 Å². The SMILES string of the molecule is C[C@@H](OC(=O)Nc1c(C#N)cnn1-c1ccc(-c2ccc(C(C)(C)C(=O)O)cc2)cc1)c1ccccc1. The van der Waals surface area contributed by atoms with E-state index >= 15 is 0 Å². The first-order valence-corrected chi connectivity index (χ1v) is 11.7. The van der Waals surface area contributed by atoms with Gasteiger partial charge in [-0.1, -0.05) is 66.7 Å². The molecule has 1 aromatic heterocycles. The molecular formula is C29H26N4O4. The summed E-state index contributed by atoms with van der Waals surface area (Å²) in [4.78, 5) is 24.1. The minimum Gasteiger partial charge on any atom is -0.481 e. The maximum absolute atomic E-state index is 12.6. The number of rotatable bonds is 7. The van der Waals surface area contributed by atoms with E-state index in [2.05, 4.69) is 10.4 Å². The fraction of sp³-hybridized carbons (Fsp3) is 0.172. The van der Waals surface area contributed by atoms with Gasteiger partial charge in [-0.15, -0.1) is 0 Å². The average molecular weight is 495 g/mol. The third-order valence-corrected chi connectivity index (χ3v) is 6.25. The molecule has 0 spiro atoms. The van der Waals surface area contributed by atoms with Crippen LogP contribution < -0.4 is 5.32 Å². The van der Waals surface area contributed by atoms with Crippen molar-refractivity contribution in [3.05, 3.63) is 102 Å². The fourth-order valence-corrected chi connectivity index (χ4v) is 3.82. The maximum atomic E-state index is 12.6. The number of benzene rings is 3. The molecule has 0 unspecified atom stereocenters. The number of nitrogens with zero attached hydrogens (tertiary/aromatic N) is 3. The highest BCUT2D eigenvalue weighted by atomic mass is 16.6. The van der Waals surface area contributed by atoms with Gasteiger partial charge in [-0.05, 0) is 55.2 Å². The lowest BCUT2D eigenvalue weighted by atomic mass is 9.84. The van der Waals surface area contributed by atoms with Gasteiger partial charge >= 0.3 is 12.1 Å². The predicted molar refractivity (Wildman–Crippen MR) is 139 cm³/mol. The van der Waals surface area contributed by atoms with Gasteiger partial charge in [0.25, 0.3) is 0 Å². The summed E-state index contributed by atoms with van der Waals surface area (Å²) in [5.74, 6) is -0.677. The zero-order valence-electron chi connectivity index (χ0n) is 20.7. The van der Waals surface area contributed by atoms with E-state index in [9.17, 15) is 20.0 Å². The Morgan fingerprint density at radius 1 is 1.00 bits per heavy atom. The Kier molecular flexibility index (Phi) is 7.07. The molecule has 1 heterocycles. The first-order chi connectivity index (χ1) is 17.7. The van der Waals surface area contributed by atoms with E-state index in [0.717, 1.165) is 16.7 Å². The summed E-state index contributed by atoms with van der Waals surface area (Å²) in [6, 6.07) is 26.2. The Hall–Kier alpha value is -4.90. The average Bonchev–Trinajstić information content (AvgIpc) is 3.31. The number of nitrogens with one attached hydrogen (secondary N) is 1. The Morgan fingerprint density at radius 2 is 1.59 bits per heavy atom. The molecule has 0 bridgehead atoms. The first-order valence-electron chi connectivity index (χ1n) is 11.7. The van der Waals surface area contributed by atoms with Gasteiger partial charge in [0, 0.05) is 0 Å². The number of carboxylic acids is 1. The number of aliphatic carboxylic acids is 1. The number of carbonyl (C=O) groups excluding carboxylic acids is 1. The summed E-state index contributed by atoms with van der Waals surface area (Å²) < 4.78 is 6.96. The number of ether oxygens (including phenoxy) is 1. The van der Waals surface area contributed by atoms with Crippen LogP contribution in [0, 0.1) is 11.3 Å². The van der Waals surface area contributed by atoms with E-state index in [1.807, 2.05) is 84.9 Å². The molecule has 4 aromatic rings. The van der Waals surface area contributed by atoms with Crippen LogP contribution in [0.1, 0.15) is 43.6 Å². The molecule has 0 aliphatic heterocycles. The van der Waals surface area contributed by atoms with E-state index in [-0.39, 0.29) is 11.4 Å². The highest BCUT2D eigenvalue weighted by Gasteiger charge is 2.29. The van der Waals surface area contributed by atoms with E-state index < -0.39 is 23.6 Å². The van der Waals surface area contributed by atoms with E-state index in [0.29, 0.717) is 11.3 Å². The van der Waals surface area contributed by atoms with Crippen LogP contribution in [-0.2, 0) is 14.9 Å². The monoisotopic (exact) mass is 494 g/mol. The molecule has 1 atom stereocenters. The summed E-state index contributed by atoms with van der Waals surface area (Å²) in [5, 5.41) is 25.9. The normalized spacial score (nSPS) is 11.8. The number of hydrogen-bond donors (Lipinski definition) is 2. The number of carboxylic acid groups (broad SMARTS) is 1. The number of hydrogen-bond acceptors (Lipinski definition) is 5. The summed E-state index contributed by atoms with van der Waals surface area (Å²) >= 11 is 0. The molecule has 0 saturated carbocycles. The van der Waals surface area contributed by atoms with Crippen molar-refractivity contribution in [3.63, 3.8) is 0 Å². The molecule has 0 aliphatic rings. The molecule has 4 rings (SSSR count). The van der Waals surface area contributed by atoms with Gasteiger partial charge < -0.3 is 9.84 Å². The molecule has 0 fully saturated rings. The Balaban J connectivity index is 1.53. The largest absolute Gasteiger partial charge is 0.481 e. The molecule has 3 aromatic carbocycles. The number of aromatic nitrogens is 2. The zero-order valence-corrected chi connectivity index (χ0v) is 20.7. The quantitative estimate of drug-likeness (QED) is 0.321. The minimum atomic E-state index is -0.982. The van der Waals surface area contributed by atoms with Crippen molar-refractivity contribution >= 4 is 17.9 Å². The van der Waals surface area contributed by atoms with Gasteiger partial charge in [0.2, 0.25) is 0 Å². The van der Waals surface area contributed by atoms with Crippen molar-refractivity contribution in [2.45, 2.75) is 32.3 Å². The van der Waals surface area contributed by atoms with E-state index in [4.69, 9.17) is 4.74 Å². The molecule has 1 amide bonds. The molecule has 0 radical (unpaired) electrons. The van der Waals surface area contributed by atoms with Crippen LogP contribution in [0.3, 0.4) is 0 Å². The molecule has 186 valence electrons. The highest BCUT2D eigenvalue weighted by Crippen LogP contribution is 2.28. The second-order valence-corrected chi connectivity index (χ2v) is 9.07. The molecule has 0 saturated heterocycles. The second kappa shape index (κ2) is 10.4. The standard InChI is InChI=1S/C29H26N4O4/c1-19(20-7-5-4-6-8-20)37-28(36)32-26-23(17-30)18-31-33(26)25-15-11-22(12-16-25)21-9-13-24(14-10-21)29(2,3)27(34)35/h4-16,18-19H,1-3H3,(H,32,36)(H,34,35)/t19-/m1/s1. The van der Waals surface area contributed by atoms with Crippen LogP contribution in [0.4, 0.5) is 10.6 Å². The topological polar surface area (TPSA) is 117 Å². The lowest BCUT2D eigenvalue weighted by Gasteiger charge is -2.20. The molecule has 2 N–H and O–H groups in total. The zero-order chi connectivity index (χ0) is 26.6. The second-order valence-electron chi connectivity index (χ2n) is 9.07. The Bertz CT molecular complexity index is 1450. The van der Waals surface area contributed by atoms with E-state index in [1.54, 1.807) is 20.8 Å². The third kappa shape index (κ3) is 5.36. The van der Waals surface area contributed by atoms with Gasteiger partial charge in [0.15, 0.2) is 5.82 Å². The van der Waals surface area contributed by atoms with Crippen molar-refractivity contribution < 1.29 is 19.4 Å². The fourth-order valence-electron chi connectivity index (χ4n) is 3.82. The van der Waals surface area contributed by atoms with Crippen molar-refractivity contribution in [1.29, 1.82) is 5.26 Å². The van der Waals surface area contributed by atoms with E-state index in [1.165, 1.54) is 10.9 Å². The van der Waals surface area contributed by atoms with Crippen LogP contribution in [0.15, 0.2) is 85.1 Å². The number of amides is 1. The molecule has 8 nitrogen and oxygen atoms in total. The summed E-state index contributed by atoms with van der Waals surface area (Å²) in [5.41, 5.74) is 3.26. The highest BCUT2D eigenvalue weighted by molar-refractivity contribution is 5.86. The van der Waals surface area contributed by atoms with Crippen LogP contribution in [0.5, 0.6) is 0 Å². The Labute approximate surface area is 214 Å². The van der Waals surface area contributed by atoms with Gasteiger partial charge in [-0.3, -0.25) is 10.1 Å². The summed E-state index contributed by atoms with van der Waals surface area (Å²) in [7, 11) is 0. The van der Waals surface area contributed by atoms with Crippen LogP contribution >= 0.6 is 0 Å². The van der Waals surface area contributed by atoms with Crippen molar-refractivity contribution in [3.8, 4) is 22.9 Å². The molecule has 0 aliphatic carbocycles. The van der Waals surface area contributed by atoms with Gasteiger partial charge in [-0.25, -0.2) is 9.48 Å². The lowest BCUT2D eigenvalue weighted by Crippen LogP contribution is -2.28. The number of carbonyl (C=O) groups is 2. The third-order valence-electron chi connectivity index (χ3n) is 6.25. The smallest absolute Gasteiger partial charge is 0.413 e. The van der Waals surface area contributed by atoms with Crippen molar-refractivity contribution in [2.24, 2.45) is 0 Å². The number of anilines is 1. The van der Waals surface area contributed by atoms with Gasteiger partial charge in [0.05, 0.1) is 17.3 Å². The molecule has 8 heteroatoms. The van der Waals surface area contributed by atoms with Crippen molar-refractivity contribution in [2.75, 3.05) is 5.32 Å². The van der Waals surface area contributed by atoms with Gasteiger partial charge in [0.1, 0.15) is 17.7 Å². The summed E-state index contributed by atoms with van der Waals surface area (Å²) in [6.45, 7) is 5.11. The van der Waals surface area contributed by atoms with Gasteiger partial charge in [-0.2, -0.15) is 10.4 Å². The number of nitriles is 1. The predicted octanol–water partition coefficient (Wildman–Crippen LogP) is 6.08.